The number of likely N-dealkylation sites (N-methyl/N-ethyl adjacent to an activating group) is 2. The molecule has 1 aliphatic rings. The number of carbonyl (C=O) groups is 4. The van der Waals surface area contributed by atoms with Crippen molar-refractivity contribution >= 4 is 51.8 Å². The van der Waals surface area contributed by atoms with E-state index in [1.54, 1.807) is 30.1 Å². The fraction of sp³-hybridized carbons (Fsp3) is 0.286. The maximum atomic E-state index is 12.9. The van der Waals surface area contributed by atoms with E-state index in [4.69, 9.17) is 25.0 Å². The third-order valence-corrected chi connectivity index (χ3v) is 7.94. The average Bonchev–Trinajstić information content (AvgIpc) is 3.42. The number of nitrogens with one attached hydrogen (secondary N) is 1. The highest BCUT2D eigenvalue weighted by Crippen LogP contribution is 2.32. The lowest BCUT2D eigenvalue weighted by molar-refractivity contribution is -0.152. The quantitative estimate of drug-likeness (QED) is 0.123. The second-order valence-corrected chi connectivity index (χ2v) is 11.4. The van der Waals surface area contributed by atoms with Gasteiger partial charge in [0.15, 0.2) is 12.0 Å². The number of aromatic nitrogens is 1. The number of aromatic hydroxyl groups is 1. The fourth-order valence-corrected chi connectivity index (χ4v) is 5.11. The van der Waals surface area contributed by atoms with E-state index < -0.39 is 30.4 Å². The lowest BCUT2D eigenvalue weighted by Gasteiger charge is -2.32. The molecule has 258 valence electrons. The van der Waals surface area contributed by atoms with Crippen LogP contribution in [0.3, 0.4) is 0 Å². The monoisotopic (exact) mass is 673 g/mol. The topological polar surface area (TPSA) is 196 Å². The van der Waals surface area contributed by atoms with Gasteiger partial charge in [-0.15, -0.1) is 0 Å². The number of anilines is 1. The van der Waals surface area contributed by atoms with Crippen molar-refractivity contribution in [3.05, 3.63) is 89.5 Å². The van der Waals surface area contributed by atoms with Gasteiger partial charge in [0.1, 0.15) is 0 Å². The molecule has 0 unspecified atom stereocenters. The first-order valence-corrected chi connectivity index (χ1v) is 15.4. The van der Waals surface area contributed by atoms with E-state index in [0.717, 1.165) is 42.8 Å². The van der Waals surface area contributed by atoms with Crippen LogP contribution < -0.4 is 4.90 Å². The van der Waals surface area contributed by atoms with Crippen molar-refractivity contribution in [2.24, 2.45) is 4.99 Å². The first-order valence-electron chi connectivity index (χ1n) is 15.4. The van der Waals surface area contributed by atoms with Gasteiger partial charge in [0.25, 0.3) is 0 Å². The van der Waals surface area contributed by atoms with Gasteiger partial charge in [0.05, 0.1) is 42.6 Å². The maximum absolute atomic E-state index is 12.9. The van der Waals surface area contributed by atoms with E-state index in [2.05, 4.69) is 21.8 Å². The zero-order valence-corrected chi connectivity index (χ0v) is 27.4. The largest absolute Gasteiger partial charge is 0.494 e. The molecule has 0 bridgehead atoms. The van der Waals surface area contributed by atoms with Gasteiger partial charge < -0.3 is 39.9 Å². The molecule has 1 atom stereocenters. The molecule has 0 saturated carbocycles. The molecule has 4 aromatic rings. The van der Waals surface area contributed by atoms with Gasteiger partial charge in [-0.2, -0.15) is 0 Å². The summed E-state index contributed by atoms with van der Waals surface area (Å²) in [6, 6.07) is 22.2. The van der Waals surface area contributed by atoms with Crippen molar-refractivity contribution in [1.82, 2.24) is 14.8 Å². The number of aromatic amines is 1. The smallest absolute Gasteiger partial charge is 0.337 e. The molecule has 49 heavy (non-hydrogen) atoms. The van der Waals surface area contributed by atoms with E-state index in [9.17, 15) is 24.3 Å². The number of benzene rings is 3. The number of methoxy groups -OCH3 is 1. The normalized spacial score (nSPS) is 14.4. The van der Waals surface area contributed by atoms with Crippen LogP contribution in [0.4, 0.5) is 11.4 Å². The van der Waals surface area contributed by atoms with Crippen molar-refractivity contribution in [3.8, 4) is 5.88 Å². The summed E-state index contributed by atoms with van der Waals surface area (Å²) < 4.78 is 4.83. The Morgan fingerprint density at radius 1 is 0.939 bits per heavy atom. The van der Waals surface area contributed by atoms with Gasteiger partial charge in [-0.3, -0.25) is 14.5 Å². The van der Waals surface area contributed by atoms with Crippen LogP contribution in [0.1, 0.15) is 27.9 Å². The van der Waals surface area contributed by atoms with Crippen molar-refractivity contribution in [3.63, 3.8) is 0 Å². The lowest BCUT2D eigenvalue weighted by atomic mass is 10.00. The molecule has 1 aliphatic heterocycles. The number of hydrogen-bond donors (Lipinski definition) is 5. The highest BCUT2D eigenvalue weighted by Gasteiger charge is 2.22. The van der Waals surface area contributed by atoms with Crippen LogP contribution in [0.5, 0.6) is 5.88 Å². The minimum atomic E-state index is -1.79. The number of fused-ring (bicyclic) bond motifs is 1. The number of amides is 1. The summed E-state index contributed by atoms with van der Waals surface area (Å²) in [5.74, 6) is -3.31. The summed E-state index contributed by atoms with van der Waals surface area (Å²) in [4.78, 5) is 58.4. The van der Waals surface area contributed by atoms with E-state index in [1.807, 2.05) is 54.6 Å². The van der Waals surface area contributed by atoms with Crippen molar-refractivity contribution in [2.45, 2.75) is 12.5 Å². The number of rotatable bonds is 10. The van der Waals surface area contributed by atoms with Gasteiger partial charge in [0, 0.05) is 55.4 Å². The third-order valence-electron chi connectivity index (χ3n) is 7.94. The van der Waals surface area contributed by atoms with Crippen LogP contribution in [0, 0.1) is 0 Å². The first-order chi connectivity index (χ1) is 23.4. The van der Waals surface area contributed by atoms with Gasteiger partial charge >= 0.3 is 17.9 Å². The summed E-state index contributed by atoms with van der Waals surface area (Å²) in [5, 5.41) is 35.8. The number of hydrogen-bond acceptors (Lipinski definition) is 10. The SMILES string of the molecule is COC(=O)c1ccc2c(C(=Nc3ccc(N(C)C(=O)CN4CCN(C)CC4)cc3)c3ccccc3)c(O)[nH]c2c1.O=C(O)C[C@H](O)C(=O)O. The summed E-state index contributed by atoms with van der Waals surface area (Å²) in [6.45, 7) is 4.09. The Hall–Kier alpha value is -5.57. The molecule has 14 nitrogen and oxygen atoms in total. The number of nitrogens with zero attached hydrogens (tertiary/aromatic N) is 4. The molecule has 1 amide bonds. The van der Waals surface area contributed by atoms with Crippen molar-refractivity contribution in [2.75, 3.05) is 58.8 Å². The van der Waals surface area contributed by atoms with E-state index in [1.165, 1.54) is 7.11 Å². The van der Waals surface area contributed by atoms with E-state index >= 15 is 0 Å². The van der Waals surface area contributed by atoms with Crippen LogP contribution in [0.2, 0.25) is 0 Å². The van der Waals surface area contributed by atoms with Crippen LogP contribution >= 0.6 is 0 Å². The number of aliphatic hydroxyl groups excluding tert-OH is 1. The van der Waals surface area contributed by atoms with Gasteiger partial charge in [0.2, 0.25) is 5.91 Å². The Bertz CT molecular complexity index is 1810. The number of carboxylic acid groups (broad SMARTS) is 2. The molecular weight excluding hydrogens is 634 g/mol. The fourth-order valence-electron chi connectivity index (χ4n) is 5.11. The van der Waals surface area contributed by atoms with Crippen LogP contribution in [-0.4, -0.2) is 125 Å². The van der Waals surface area contributed by atoms with Gasteiger partial charge in [-0.1, -0.05) is 36.4 Å². The number of aliphatic imine (C=N–C) groups is 1. The predicted octanol–water partition coefficient (Wildman–Crippen LogP) is 2.95. The highest BCUT2D eigenvalue weighted by atomic mass is 16.5. The minimum absolute atomic E-state index is 0.0424. The van der Waals surface area contributed by atoms with E-state index in [-0.39, 0.29) is 11.8 Å². The number of carboxylic acids is 2. The molecule has 1 fully saturated rings. The molecule has 1 saturated heterocycles. The molecule has 5 N–H and O–H groups in total. The zero-order valence-electron chi connectivity index (χ0n) is 27.4. The molecule has 1 aromatic heterocycles. The zero-order chi connectivity index (χ0) is 35.7. The molecule has 0 spiro atoms. The highest BCUT2D eigenvalue weighted by molar-refractivity contribution is 6.22. The second kappa shape index (κ2) is 16.5. The number of aliphatic hydroxyl groups is 1. The molecular formula is C35H39N5O9. The minimum Gasteiger partial charge on any atom is -0.494 e. The molecule has 3 aromatic carbocycles. The maximum Gasteiger partial charge on any atom is 0.337 e. The number of esters is 1. The summed E-state index contributed by atoms with van der Waals surface area (Å²) in [7, 11) is 5.22. The lowest BCUT2D eigenvalue weighted by Crippen LogP contribution is -2.48. The average molecular weight is 674 g/mol. The Labute approximate surface area is 282 Å². The first kappa shape index (κ1) is 36.3. The third kappa shape index (κ3) is 9.50. The molecule has 2 heterocycles. The standard InChI is InChI=1S/C31H33N5O4.C4H6O5/c1-34-15-17-36(18-16-34)20-27(37)35(2)24-12-10-23(11-13-24)32-29(21-7-5-4-6-8-21)28-25-14-9-22(31(39)40-3)19-26(25)33-30(28)38;5-2(4(8)9)1-3(6)7/h4-14,19,33,38H,15-18,20H2,1-3H3;2,5H,1H2,(H,6,7)(H,8,9)/t;2-/m.0/s1. The van der Waals surface area contributed by atoms with Crippen LogP contribution in [-0.2, 0) is 19.1 Å². The second-order valence-electron chi connectivity index (χ2n) is 11.4. The molecule has 0 aliphatic carbocycles. The van der Waals surface area contributed by atoms with Gasteiger partial charge in [-0.05, 0) is 43.4 Å². The van der Waals surface area contributed by atoms with E-state index in [0.29, 0.717) is 34.6 Å². The number of piperazine rings is 1. The Morgan fingerprint density at radius 3 is 2.16 bits per heavy atom. The molecule has 0 radical (unpaired) electrons. The Balaban J connectivity index is 0.000000529. The van der Waals surface area contributed by atoms with Crippen LogP contribution in [0.15, 0.2) is 77.8 Å². The summed E-state index contributed by atoms with van der Waals surface area (Å²) in [6.07, 6.45) is -2.54. The van der Waals surface area contributed by atoms with Crippen molar-refractivity contribution < 1.29 is 44.3 Å². The summed E-state index contributed by atoms with van der Waals surface area (Å²) in [5.41, 5.74) is 4.34. The predicted molar refractivity (Wildman–Crippen MR) is 183 cm³/mol. The number of ether oxygens (including phenoxy) is 1. The molecule has 14 heteroatoms. The van der Waals surface area contributed by atoms with Crippen LogP contribution in [0.25, 0.3) is 10.9 Å². The number of H-pyrrole nitrogens is 1. The Kier molecular flexibility index (Phi) is 12.2. The number of carbonyl (C=O) groups excluding carboxylic acids is 2. The Morgan fingerprint density at radius 2 is 1.59 bits per heavy atom. The van der Waals surface area contributed by atoms with Gasteiger partial charge in [-0.25, -0.2) is 14.6 Å². The summed E-state index contributed by atoms with van der Waals surface area (Å²) >= 11 is 0. The van der Waals surface area contributed by atoms with Crippen molar-refractivity contribution in [1.29, 1.82) is 0 Å². The molecule has 5 rings (SSSR count). The number of aliphatic carboxylic acids is 2.